The van der Waals surface area contributed by atoms with Gasteiger partial charge in [0.05, 0.1) is 11.1 Å². The van der Waals surface area contributed by atoms with E-state index in [0.29, 0.717) is 0 Å². The number of alkyl halides is 10. The lowest BCUT2D eigenvalue weighted by molar-refractivity contribution is -0.359. The van der Waals surface area contributed by atoms with Crippen molar-refractivity contribution in [2.45, 2.75) is 24.2 Å². The fraction of sp³-hybridized carbons (Fsp3) is 0.417. The molecule has 0 aromatic heterocycles. The number of hydrogen-bond acceptors (Lipinski definition) is 2. The monoisotopic (exact) mass is 390 g/mol. The van der Waals surface area contributed by atoms with E-state index >= 15 is 0 Å². The molecule has 1 aromatic rings. The highest BCUT2D eigenvalue weighted by Crippen LogP contribution is 2.46. The van der Waals surface area contributed by atoms with Crippen LogP contribution in [0.5, 0.6) is 0 Å². The van der Waals surface area contributed by atoms with Crippen LogP contribution >= 0.6 is 0 Å². The Hall–Kier alpha value is -2.08. The molecule has 1 aromatic carbocycles. The molecular weight excluding hydrogens is 385 g/mol. The minimum Gasteiger partial charge on any atom is -0.455 e. The third kappa shape index (κ3) is 4.31. The molecule has 0 aliphatic carbocycles. The molecule has 0 saturated heterocycles. The van der Waals surface area contributed by atoms with Crippen molar-refractivity contribution >= 4 is 5.97 Å². The third-order valence-corrected chi connectivity index (χ3v) is 2.71. The van der Waals surface area contributed by atoms with Gasteiger partial charge in [-0.2, -0.15) is 43.9 Å². The van der Waals surface area contributed by atoms with Crippen molar-refractivity contribution in [1.29, 1.82) is 0 Å². The zero-order chi connectivity index (χ0) is 19.8. The van der Waals surface area contributed by atoms with Crippen LogP contribution in [0.4, 0.5) is 48.3 Å². The minimum atomic E-state index is -6.69. The molecule has 142 valence electrons. The minimum absolute atomic E-state index is 0.113. The number of esters is 1. The highest BCUT2D eigenvalue weighted by molar-refractivity contribution is 5.90. The van der Waals surface area contributed by atoms with Crippen LogP contribution in [0.3, 0.4) is 0 Å². The van der Waals surface area contributed by atoms with E-state index in [4.69, 9.17) is 0 Å². The summed E-state index contributed by atoms with van der Waals surface area (Å²) in [6.07, 6.45) is -11.8. The lowest BCUT2D eigenvalue weighted by atomic mass is 10.1. The highest BCUT2D eigenvalue weighted by atomic mass is 19.4. The summed E-state index contributed by atoms with van der Waals surface area (Å²) in [4.78, 5) is 11.3. The van der Waals surface area contributed by atoms with Crippen LogP contribution in [0.25, 0.3) is 0 Å². The van der Waals surface area contributed by atoms with Crippen LogP contribution in [-0.2, 0) is 10.9 Å². The van der Waals surface area contributed by atoms with E-state index in [1.54, 1.807) is 0 Å². The first kappa shape index (κ1) is 21.0. The highest BCUT2D eigenvalue weighted by Gasteiger charge is 2.73. The molecule has 0 spiro atoms. The molecule has 0 N–H and O–H groups in total. The molecule has 0 aliphatic heterocycles. The number of carbonyl (C=O) groups is 1. The average Bonchev–Trinajstić information content (AvgIpc) is 2.42. The Bertz CT molecular complexity index is 645. The standard InChI is InChI=1S/C12H5F11O2/c13-7-2-1-5(10(16,17)18)3-6(7)8(24)25-4-9(14,15)11(19,20)12(21,22)23/h1-3H,4H2. The number of ether oxygens (including phenoxy) is 1. The first-order chi connectivity index (χ1) is 11.0. The molecule has 1 rings (SSSR count). The molecule has 0 heterocycles. The average molecular weight is 390 g/mol. The van der Waals surface area contributed by atoms with Crippen molar-refractivity contribution in [3.8, 4) is 0 Å². The van der Waals surface area contributed by atoms with Crippen LogP contribution in [0.15, 0.2) is 18.2 Å². The van der Waals surface area contributed by atoms with E-state index in [1.807, 2.05) is 0 Å². The summed E-state index contributed by atoms with van der Waals surface area (Å²) in [6.45, 7) is -2.84. The SMILES string of the molecule is O=C(OCC(F)(F)C(F)(F)C(F)(F)F)c1cc(C(F)(F)F)ccc1F. The van der Waals surface area contributed by atoms with Crippen molar-refractivity contribution < 1.29 is 57.8 Å². The van der Waals surface area contributed by atoms with Crippen molar-refractivity contribution in [2.75, 3.05) is 6.61 Å². The van der Waals surface area contributed by atoms with Gasteiger partial charge in [-0.05, 0) is 18.2 Å². The van der Waals surface area contributed by atoms with Crippen molar-refractivity contribution in [3.05, 3.63) is 35.1 Å². The Kier molecular flexibility index (Phi) is 5.31. The second kappa shape index (κ2) is 6.33. The van der Waals surface area contributed by atoms with Gasteiger partial charge in [-0.15, -0.1) is 0 Å². The number of benzene rings is 1. The van der Waals surface area contributed by atoms with Crippen molar-refractivity contribution in [3.63, 3.8) is 0 Å². The molecule has 0 saturated carbocycles. The Morgan fingerprint density at radius 3 is 1.88 bits per heavy atom. The van der Waals surface area contributed by atoms with Crippen LogP contribution in [0.2, 0.25) is 0 Å². The van der Waals surface area contributed by atoms with Gasteiger partial charge in [0.25, 0.3) is 0 Å². The number of hydrogen-bond donors (Lipinski definition) is 0. The van der Waals surface area contributed by atoms with Gasteiger partial charge in [0.2, 0.25) is 0 Å². The number of halogens is 11. The lowest BCUT2D eigenvalue weighted by Crippen LogP contribution is -2.54. The topological polar surface area (TPSA) is 26.3 Å². The molecule has 0 aliphatic rings. The zero-order valence-electron chi connectivity index (χ0n) is 11.4. The van der Waals surface area contributed by atoms with Gasteiger partial charge in [-0.25, -0.2) is 9.18 Å². The summed E-state index contributed by atoms with van der Waals surface area (Å²) in [7, 11) is 0. The quantitative estimate of drug-likeness (QED) is 0.544. The van der Waals surface area contributed by atoms with E-state index in [-0.39, 0.29) is 18.2 Å². The summed E-state index contributed by atoms with van der Waals surface area (Å²) in [6, 6.07) is 0.123. The fourth-order valence-electron chi connectivity index (χ4n) is 1.39. The van der Waals surface area contributed by atoms with Crippen LogP contribution in [0.1, 0.15) is 15.9 Å². The Balaban J connectivity index is 3.01. The Labute approximate surface area is 131 Å². The largest absolute Gasteiger partial charge is 0.460 e. The van der Waals surface area contributed by atoms with Crippen LogP contribution < -0.4 is 0 Å². The lowest BCUT2D eigenvalue weighted by Gasteiger charge is -2.27. The predicted molar refractivity (Wildman–Crippen MR) is 57.6 cm³/mol. The first-order valence-electron chi connectivity index (χ1n) is 5.87. The molecule has 13 heteroatoms. The summed E-state index contributed by atoms with van der Waals surface area (Å²) in [5, 5.41) is 0. The van der Waals surface area contributed by atoms with E-state index in [1.165, 1.54) is 0 Å². The summed E-state index contributed by atoms with van der Waals surface area (Å²) in [5.74, 6) is -16.5. The van der Waals surface area contributed by atoms with Gasteiger partial charge in [0, 0.05) is 0 Å². The van der Waals surface area contributed by atoms with Gasteiger partial charge in [-0.3, -0.25) is 0 Å². The molecule has 0 radical (unpaired) electrons. The molecule has 0 atom stereocenters. The van der Waals surface area contributed by atoms with Crippen LogP contribution in [0, 0.1) is 5.82 Å². The van der Waals surface area contributed by atoms with Crippen molar-refractivity contribution in [2.24, 2.45) is 0 Å². The zero-order valence-corrected chi connectivity index (χ0v) is 11.4. The molecule has 0 unspecified atom stereocenters. The van der Waals surface area contributed by atoms with E-state index in [0.717, 1.165) is 0 Å². The molecular formula is C12H5F11O2. The number of carbonyl (C=O) groups excluding carboxylic acids is 1. The summed E-state index contributed by atoms with van der Waals surface area (Å²) < 4.78 is 141. The van der Waals surface area contributed by atoms with E-state index in [2.05, 4.69) is 4.74 Å². The maximum atomic E-state index is 13.3. The second-order valence-corrected chi connectivity index (χ2v) is 4.55. The summed E-state index contributed by atoms with van der Waals surface area (Å²) >= 11 is 0. The van der Waals surface area contributed by atoms with Gasteiger partial charge >= 0.3 is 30.2 Å². The molecule has 25 heavy (non-hydrogen) atoms. The number of rotatable bonds is 4. The van der Waals surface area contributed by atoms with Crippen LogP contribution in [-0.4, -0.2) is 30.6 Å². The fourth-order valence-corrected chi connectivity index (χ4v) is 1.39. The predicted octanol–water partition coefficient (Wildman–Crippen LogP) is 4.83. The Morgan fingerprint density at radius 1 is 0.920 bits per heavy atom. The molecule has 2 nitrogen and oxygen atoms in total. The second-order valence-electron chi connectivity index (χ2n) is 4.55. The smallest absolute Gasteiger partial charge is 0.455 e. The molecule has 0 fully saturated rings. The third-order valence-electron chi connectivity index (χ3n) is 2.71. The van der Waals surface area contributed by atoms with Gasteiger partial charge in [0.15, 0.2) is 6.61 Å². The normalized spacial score (nSPS) is 13.7. The van der Waals surface area contributed by atoms with Gasteiger partial charge in [0.1, 0.15) is 5.82 Å². The van der Waals surface area contributed by atoms with E-state index in [9.17, 15) is 53.1 Å². The summed E-state index contributed by atoms with van der Waals surface area (Å²) in [5.41, 5.74) is -3.17. The van der Waals surface area contributed by atoms with Gasteiger partial charge in [-0.1, -0.05) is 0 Å². The molecule has 0 bridgehead atoms. The van der Waals surface area contributed by atoms with Gasteiger partial charge < -0.3 is 4.74 Å². The van der Waals surface area contributed by atoms with E-state index < -0.39 is 53.7 Å². The Morgan fingerprint density at radius 2 is 1.44 bits per heavy atom. The first-order valence-corrected chi connectivity index (χ1v) is 5.87. The maximum absolute atomic E-state index is 13.3. The maximum Gasteiger partial charge on any atom is 0.460 e. The van der Waals surface area contributed by atoms with Crippen molar-refractivity contribution in [1.82, 2.24) is 0 Å². The molecule has 0 amide bonds.